The zero-order valence-corrected chi connectivity index (χ0v) is 8.61. The van der Waals surface area contributed by atoms with E-state index in [1.807, 2.05) is 12.1 Å². The molecule has 1 aromatic carbocycles. The molecule has 0 aliphatic heterocycles. The minimum atomic E-state index is 0.586. The molecule has 1 aromatic heterocycles. The van der Waals surface area contributed by atoms with Crippen LogP contribution in [0.1, 0.15) is 31.0 Å². The fraction of sp³-hybridized carbons (Fsp3) is 0.308. The number of rotatable bonds is 1. The number of allylic oxidation sites excluding steroid dienone is 2. The first-order valence-electron chi connectivity index (χ1n) is 5.53. The molecular weight excluding hydrogens is 184 g/mol. The first-order chi connectivity index (χ1) is 7.43. The highest BCUT2D eigenvalue weighted by Crippen LogP contribution is 2.28. The summed E-state index contributed by atoms with van der Waals surface area (Å²) in [6, 6.07) is 8.23. The molecule has 1 unspecified atom stereocenters. The van der Waals surface area contributed by atoms with Gasteiger partial charge in [-0.25, -0.2) is 4.98 Å². The van der Waals surface area contributed by atoms with Crippen molar-refractivity contribution in [1.29, 1.82) is 0 Å². The molecule has 0 amide bonds. The molecule has 1 aliphatic carbocycles. The van der Waals surface area contributed by atoms with Gasteiger partial charge in [-0.1, -0.05) is 24.3 Å². The van der Waals surface area contributed by atoms with Crippen LogP contribution in [0, 0.1) is 0 Å². The Labute approximate surface area is 89.0 Å². The van der Waals surface area contributed by atoms with Gasteiger partial charge in [-0.05, 0) is 31.4 Å². The molecular formula is C13H14N2. The van der Waals surface area contributed by atoms with E-state index in [1.165, 1.54) is 12.8 Å². The van der Waals surface area contributed by atoms with Gasteiger partial charge in [-0.15, -0.1) is 0 Å². The topological polar surface area (TPSA) is 28.7 Å². The average Bonchev–Trinajstić information content (AvgIpc) is 2.74. The summed E-state index contributed by atoms with van der Waals surface area (Å²) in [5.41, 5.74) is 2.24. The van der Waals surface area contributed by atoms with Crippen molar-refractivity contribution in [3.63, 3.8) is 0 Å². The standard InChI is InChI=1S/C13H14N2/c1-2-6-10(7-3-1)13-14-11-8-4-5-9-12(11)15-13/h1-2,4-5,8-10H,3,6-7H2,(H,14,15). The average molecular weight is 198 g/mol. The van der Waals surface area contributed by atoms with Gasteiger partial charge < -0.3 is 4.98 Å². The quantitative estimate of drug-likeness (QED) is 0.699. The fourth-order valence-corrected chi connectivity index (χ4v) is 2.21. The Morgan fingerprint density at radius 1 is 1.20 bits per heavy atom. The molecule has 76 valence electrons. The summed E-state index contributed by atoms with van der Waals surface area (Å²) in [6.45, 7) is 0. The molecule has 2 aromatic rings. The maximum absolute atomic E-state index is 4.65. The summed E-state index contributed by atoms with van der Waals surface area (Å²) >= 11 is 0. The van der Waals surface area contributed by atoms with E-state index >= 15 is 0 Å². The Morgan fingerprint density at radius 3 is 2.93 bits per heavy atom. The maximum atomic E-state index is 4.65. The molecule has 0 spiro atoms. The van der Waals surface area contributed by atoms with Crippen LogP contribution in [0.2, 0.25) is 0 Å². The highest BCUT2D eigenvalue weighted by molar-refractivity contribution is 5.74. The molecule has 0 bridgehead atoms. The largest absolute Gasteiger partial charge is 0.342 e. The zero-order valence-electron chi connectivity index (χ0n) is 8.61. The Balaban J connectivity index is 2.00. The zero-order chi connectivity index (χ0) is 10.1. The first kappa shape index (κ1) is 8.72. The van der Waals surface area contributed by atoms with Gasteiger partial charge in [0.25, 0.3) is 0 Å². The highest BCUT2D eigenvalue weighted by atomic mass is 14.9. The lowest BCUT2D eigenvalue weighted by molar-refractivity contribution is 0.590. The van der Waals surface area contributed by atoms with Crippen molar-refractivity contribution in [3.05, 3.63) is 42.2 Å². The summed E-state index contributed by atoms with van der Waals surface area (Å²) in [6.07, 6.45) is 8.05. The Kier molecular flexibility index (Phi) is 2.05. The lowest BCUT2D eigenvalue weighted by atomic mass is 9.94. The van der Waals surface area contributed by atoms with Crippen LogP contribution in [-0.4, -0.2) is 9.97 Å². The molecule has 3 rings (SSSR count). The Bertz CT molecular complexity index is 463. The second kappa shape index (κ2) is 3.54. The number of imidazole rings is 1. The number of fused-ring (bicyclic) bond motifs is 1. The van der Waals surface area contributed by atoms with Gasteiger partial charge in [0.1, 0.15) is 5.82 Å². The van der Waals surface area contributed by atoms with Gasteiger partial charge in [0.2, 0.25) is 0 Å². The van der Waals surface area contributed by atoms with E-state index in [-0.39, 0.29) is 0 Å². The van der Waals surface area contributed by atoms with Gasteiger partial charge in [0.15, 0.2) is 0 Å². The lowest BCUT2D eigenvalue weighted by Crippen LogP contribution is -2.02. The SMILES string of the molecule is C1=CCC(c2nc3ccccc3[nH]2)CC1. The molecule has 2 nitrogen and oxygen atoms in total. The van der Waals surface area contributed by atoms with Crippen LogP contribution >= 0.6 is 0 Å². The predicted octanol–water partition coefficient (Wildman–Crippen LogP) is 3.39. The van der Waals surface area contributed by atoms with Crippen LogP contribution in [0.4, 0.5) is 0 Å². The molecule has 0 fully saturated rings. The molecule has 1 heterocycles. The first-order valence-corrected chi connectivity index (χ1v) is 5.53. The van der Waals surface area contributed by atoms with Crippen molar-refractivity contribution < 1.29 is 0 Å². The lowest BCUT2D eigenvalue weighted by Gasteiger charge is -2.14. The van der Waals surface area contributed by atoms with E-state index in [2.05, 4.69) is 34.3 Å². The number of nitrogens with one attached hydrogen (secondary N) is 1. The van der Waals surface area contributed by atoms with Gasteiger partial charge in [0, 0.05) is 5.92 Å². The molecule has 1 atom stereocenters. The Hall–Kier alpha value is -1.57. The second-order valence-electron chi connectivity index (χ2n) is 4.12. The van der Waals surface area contributed by atoms with E-state index in [1.54, 1.807) is 0 Å². The van der Waals surface area contributed by atoms with E-state index in [0.29, 0.717) is 5.92 Å². The number of benzene rings is 1. The predicted molar refractivity (Wildman–Crippen MR) is 61.8 cm³/mol. The monoisotopic (exact) mass is 198 g/mol. The molecule has 0 saturated carbocycles. The van der Waals surface area contributed by atoms with Gasteiger partial charge in [0.05, 0.1) is 11.0 Å². The smallest absolute Gasteiger partial charge is 0.110 e. The van der Waals surface area contributed by atoms with Crippen LogP contribution in [0.5, 0.6) is 0 Å². The molecule has 0 saturated heterocycles. The molecule has 1 N–H and O–H groups in total. The maximum Gasteiger partial charge on any atom is 0.110 e. The summed E-state index contributed by atoms with van der Waals surface area (Å²) < 4.78 is 0. The van der Waals surface area contributed by atoms with E-state index in [9.17, 15) is 0 Å². The minimum absolute atomic E-state index is 0.586. The van der Waals surface area contributed by atoms with Crippen molar-refractivity contribution in [2.75, 3.05) is 0 Å². The Morgan fingerprint density at radius 2 is 2.13 bits per heavy atom. The third-order valence-corrected chi connectivity index (χ3v) is 3.06. The van der Waals surface area contributed by atoms with Crippen molar-refractivity contribution in [1.82, 2.24) is 9.97 Å². The van der Waals surface area contributed by atoms with Gasteiger partial charge >= 0.3 is 0 Å². The molecule has 0 radical (unpaired) electrons. The van der Waals surface area contributed by atoms with Crippen LogP contribution in [0.25, 0.3) is 11.0 Å². The number of hydrogen-bond donors (Lipinski definition) is 1. The normalized spacial score (nSPS) is 20.9. The summed E-state index contributed by atoms with van der Waals surface area (Å²) in [5.74, 6) is 1.74. The van der Waals surface area contributed by atoms with Gasteiger partial charge in [-0.3, -0.25) is 0 Å². The highest BCUT2D eigenvalue weighted by Gasteiger charge is 2.15. The summed E-state index contributed by atoms with van der Waals surface area (Å²) in [7, 11) is 0. The number of nitrogens with zero attached hydrogens (tertiary/aromatic N) is 1. The van der Waals surface area contributed by atoms with Gasteiger partial charge in [-0.2, -0.15) is 0 Å². The molecule has 15 heavy (non-hydrogen) atoms. The minimum Gasteiger partial charge on any atom is -0.342 e. The second-order valence-corrected chi connectivity index (χ2v) is 4.12. The number of para-hydroxylation sites is 2. The van der Waals surface area contributed by atoms with Crippen LogP contribution in [-0.2, 0) is 0 Å². The van der Waals surface area contributed by atoms with Crippen LogP contribution < -0.4 is 0 Å². The fourth-order valence-electron chi connectivity index (χ4n) is 2.21. The van der Waals surface area contributed by atoms with Crippen molar-refractivity contribution in [3.8, 4) is 0 Å². The molecule has 2 heteroatoms. The third kappa shape index (κ3) is 1.56. The summed E-state index contributed by atoms with van der Waals surface area (Å²) in [4.78, 5) is 8.07. The van der Waals surface area contributed by atoms with E-state index < -0.39 is 0 Å². The summed E-state index contributed by atoms with van der Waals surface area (Å²) in [5, 5.41) is 0. The van der Waals surface area contributed by atoms with Crippen LogP contribution in [0.15, 0.2) is 36.4 Å². The van der Waals surface area contributed by atoms with Crippen molar-refractivity contribution in [2.45, 2.75) is 25.2 Å². The molecule has 1 aliphatic rings. The van der Waals surface area contributed by atoms with E-state index in [0.717, 1.165) is 23.3 Å². The van der Waals surface area contributed by atoms with Crippen molar-refractivity contribution in [2.24, 2.45) is 0 Å². The van der Waals surface area contributed by atoms with E-state index in [4.69, 9.17) is 0 Å². The number of aromatic amines is 1. The third-order valence-electron chi connectivity index (χ3n) is 3.06. The number of H-pyrrole nitrogens is 1. The number of hydrogen-bond acceptors (Lipinski definition) is 1. The van der Waals surface area contributed by atoms with Crippen molar-refractivity contribution >= 4 is 11.0 Å². The number of aromatic nitrogens is 2. The van der Waals surface area contributed by atoms with Crippen LogP contribution in [0.3, 0.4) is 0 Å².